The van der Waals surface area contributed by atoms with E-state index < -0.39 is 5.60 Å². The molecule has 0 aromatic heterocycles. The van der Waals surface area contributed by atoms with Gasteiger partial charge in [-0.3, -0.25) is 4.79 Å². The smallest absolute Gasteiger partial charge is 0.410 e. The molecule has 0 aliphatic carbocycles. The number of nitrogens with one attached hydrogen (secondary N) is 1. The zero-order valence-electron chi connectivity index (χ0n) is 17.8. The van der Waals surface area contributed by atoms with Crippen molar-refractivity contribution < 1.29 is 19.1 Å². The van der Waals surface area contributed by atoms with Crippen LogP contribution in [0.3, 0.4) is 0 Å². The summed E-state index contributed by atoms with van der Waals surface area (Å²) in [5, 5.41) is 2.94. The van der Waals surface area contributed by atoms with Crippen molar-refractivity contribution in [3.63, 3.8) is 0 Å². The van der Waals surface area contributed by atoms with Gasteiger partial charge >= 0.3 is 6.09 Å². The van der Waals surface area contributed by atoms with E-state index in [1.54, 1.807) is 4.90 Å². The molecule has 0 bridgehead atoms. The lowest BCUT2D eigenvalue weighted by Gasteiger charge is -2.32. The molecular formula is C22H34N2O4. The average molecular weight is 391 g/mol. The molecule has 0 spiro atoms. The van der Waals surface area contributed by atoms with Crippen LogP contribution >= 0.6 is 0 Å². The van der Waals surface area contributed by atoms with Crippen molar-refractivity contribution in [1.29, 1.82) is 0 Å². The summed E-state index contributed by atoms with van der Waals surface area (Å²) >= 11 is 0. The molecule has 0 atom stereocenters. The van der Waals surface area contributed by atoms with Gasteiger partial charge in [-0.15, -0.1) is 0 Å². The van der Waals surface area contributed by atoms with Crippen LogP contribution in [0.15, 0.2) is 24.3 Å². The van der Waals surface area contributed by atoms with E-state index in [-0.39, 0.29) is 17.9 Å². The number of rotatable bonds is 6. The fourth-order valence-electron chi connectivity index (χ4n) is 3.09. The minimum absolute atomic E-state index is 0.0302. The van der Waals surface area contributed by atoms with Crippen molar-refractivity contribution in [2.24, 2.45) is 5.92 Å². The largest absolute Gasteiger partial charge is 0.492 e. The van der Waals surface area contributed by atoms with Crippen LogP contribution in [0.4, 0.5) is 4.79 Å². The van der Waals surface area contributed by atoms with Gasteiger partial charge in [-0.1, -0.05) is 26.0 Å². The fourth-order valence-corrected chi connectivity index (χ4v) is 3.09. The predicted molar refractivity (Wildman–Crippen MR) is 110 cm³/mol. The van der Waals surface area contributed by atoms with Gasteiger partial charge in [0, 0.05) is 19.0 Å². The van der Waals surface area contributed by atoms with Crippen molar-refractivity contribution in [2.45, 2.75) is 59.0 Å². The molecule has 0 radical (unpaired) electrons. The maximum Gasteiger partial charge on any atom is 0.410 e. The Morgan fingerprint density at radius 1 is 1.14 bits per heavy atom. The molecular weight excluding hydrogens is 356 g/mol. The molecule has 1 aliphatic rings. The van der Waals surface area contributed by atoms with Crippen molar-refractivity contribution in [2.75, 3.05) is 26.2 Å². The minimum atomic E-state index is -0.500. The number of piperidine rings is 1. The molecule has 1 fully saturated rings. The molecule has 2 rings (SSSR count). The third kappa shape index (κ3) is 7.06. The monoisotopic (exact) mass is 390 g/mol. The lowest BCUT2D eigenvalue weighted by molar-refractivity contribution is -0.126. The van der Waals surface area contributed by atoms with Crippen molar-refractivity contribution in [1.82, 2.24) is 10.2 Å². The van der Waals surface area contributed by atoms with E-state index in [0.29, 0.717) is 45.0 Å². The van der Waals surface area contributed by atoms with E-state index in [1.807, 2.05) is 32.9 Å². The Kier molecular flexibility index (Phi) is 7.72. The molecule has 1 aliphatic heterocycles. The summed E-state index contributed by atoms with van der Waals surface area (Å²) in [5.41, 5.74) is 0.777. The lowest BCUT2D eigenvalue weighted by atomic mass is 9.96. The van der Waals surface area contributed by atoms with Crippen molar-refractivity contribution in [3.8, 4) is 5.75 Å². The number of hydrogen-bond donors (Lipinski definition) is 1. The number of nitrogens with zero attached hydrogens (tertiary/aromatic N) is 1. The van der Waals surface area contributed by atoms with Crippen molar-refractivity contribution in [3.05, 3.63) is 29.8 Å². The highest BCUT2D eigenvalue weighted by Gasteiger charge is 2.29. The standard InChI is InChI=1S/C22H34N2O4/c1-16(2)17-6-8-19(9-7-17)27-15-12-23-20(25)18-10-13-24(14-11-18)21(26)28-22(3,4)5/h6-9,16,18H,10-15H2,1-5H3,(H,23,25). The quantitative estimate of drug-likeness (QED) is 0.747. The summed E-state index contributed by atoms with van der Waals surface area (Å²) in [6.45, 7) is 11.9. The Balaban J connectivity index is 1.65. The Hall–Kier alpha value is -2.24. The summed E-state index contributed by atoms with van der Waals surface area (Å²) < 4.78 is 11.1. The molecule has 1 heterocycles. The third-order valence-corrected chi connectivity index (χ3v) is 4.73. The number of likely N-dealkylation sites (tertiary alicyclic amines) is 1. The highest BCUT2D eigenvalue weighted by Crippen LogP contribution is 2.20. The van der Waals surface area contributed by atoms with E-state index in [0.717, 1.165) is 5.75 Å². The molecule has 28 heavy (non-hydrogen) atoms. The second kappa shape index (κ2) is 9.80. The van der Waals surface area contributed by atoms with Gasteiger partial charge in [0.15, 0.2) is 0 Å². The van der Waals surface area contributed by atoms with Crippen LogP contribution in [0, 0.1) is 5.92 Å². The number of carbonyl (C=O) groups excluding carboxylic acids is 2. The van der Waals surface area contributed by atoms with Gasteiger partial charge in [0.05, 0.1) is 6.54 Å². The second-order valence-corrected chi connectivity index (χ2v) is 8.60. The van der Waals surface area contributed by atoms with E-state index in [2.05, 4.69) is 31.3 Å². The van der Waals surface area contributed by atoms with Gasteiger partial charge in [0.1, 0.15) is 18.0 Å². The second-order valence-electron chi connectivity index (χ2n) is 8.60. The third-order valence-electron chi connectivity index (χ3n) is 4.73. The molecule has 6 heteroatoms. The highest BCUT2D eigenvalue weighted by atomic mass is 16.6. The predicted octanol–water partition coefficient (Wildman–Crippen LogP) is 3.95. The van der Waals surface area contributed by atoms with Crippen LogP contribution in [0.2, 0.25) is 0 Å². The summed E-state index contributed by atoms with van der Waals surface area (Å²) in [6.07, 6.45) is 1.01. The SMILES string of the molecule is CC(C)c1ccc(OCCNC(=O)C2CCN(C(=O)OC(C)(C)C)CC2)cc1. The summed E-state index contributed by atoms with van der Waals surface area (Å²) in [7, 11) is 0. The first kappa shape index (κ1) is 22.1. The van der Waals surface area contributed by atoms with Crippen molar-refractivity contribution >= 4 is 12.0 Å². The van der Waals surface area contributed by atoms with Gasteiger partial charge in [-0.05, 0) is 57.2 Å². The number of amides is 2. The maximum atomic E-state index is 12.3. The molecule has 0 unspecified atom stereocenters. The molecule has 1 saturated heterocycles. The molecule has 1 N–H and O–H groups in total. The molecule has 2 amide bonds. The summed E-state index contributed by atoms with van der Waals surface area (Å²) in [6, 6.07) is 8.06. The number of ether oxygens (including phenoxy) is 2. The first-order chi connectivity index (χ1) is 13.2. The van der Waals surface area contributed by atoms with E-state index >= 15 is 0 Å². The Bertz CT molecular complexity index is 641. The Labute approximate surface area is 168 Å². The maximum absolute atomic E-state index is 12.3. The lowest BCUT2D eigenvalue weighted by Crippen LogP contribution is -2.45. The molecule has 1 aromatic carbocycles. The van der Waals surface area contributed by atoms with Gasteiger partial charge in [-0.2, -0.15) is 0 Å². The summed E-state index contributed by atoms with van der Waals surface area (Å²) in [4.78, 5) is 26.1. The van der Waals surface area contributed by atoms with Gasteiger partial charge in [0.25, 0.3) is 0 Å². The minimum Gasteiger partial charge on any atom is -0.492 e. The van der Waals surface area contributed by atoms with Gasteiger partial charge in [-0.25, -0.2) is 4.79 Å². The molecule has 1 aromatic rings. The Morgan fingerprint density at radius 3 is 2.29 bits per heavy atom. The van der Waals surface area contributed by atoms with Crippen LogP contribution in [0.25, 0.3) is 0 Å². The first-order valence-electron chi connectivity index (χ1n) is 10.1. The van der Waals surface area contributed by atoms with E-state index in [9.17, 15) is 9.59 Å². The van der Waals surface area contributed by atoms with Crippen LogP contribution in [0.1, 0.15) is 58.9 Å². The average Bonchev–Trinajstić information content (AvgIpc) is 2.64. The van der Waals surface area contributed by atoms with Crippen LogP contribution in [0.5, 0.6) is 5.75 Å². The molecule has 6 nitrogen and oxygen atoms in total. The summed E-state index contributed by atoms with van der Waals surface area (Å²) in [5.74, 6) is 1.27. The van der Waals surface area contributed by atoms with Crippen LogP contribution in [-0.2, 0) is 9.53 Å². The number of hydrogen-bond acceptors (Lipinski definition) is 4. The van der Waals surface area contributed by atoms with Gasteiger partial charge in [0.2, 0.25) is 5.91 Å². The zero-order valence-corrected chi connectivity index (χ0v) is 17.8. The molecule has 156 valence electrons. The van der Waals surface area contributed by atoms with Crippen LogP contribution < -0.4 is 10.1 Å². The zero-order chi connectivity index (χ0) is 20.7. The first-order valence-corrected chi connectivity index (χ1v) is 10.1. The van der Waals surface area contributed by atoms with E-state index in [1.165, 1.54) is 5.56 Å². The highest BCUT2D eigenvalue weighted by molar-refractivity contribution is 5.79. The Morgan fingerprint density at radius 2 is 1.75 bits per heavy atom. The van der Waals surface area contributed by atoms with Crippen LogP contribution in [-0.4, -0.2) is 48.7 Å². The number of carbonyl (C=O) groups is 2. The molecule has 0 saturated carbocycles. The normalized spacial score (nSPS) is 15.4. The van der Waals surface area contributed by atoms with E-state index in [4.69, 9.17) is 9.47 Å². The van der Waals surface area contributed by atoms with Gasteiger partial charge < -0.3 is 19.7 Å². The number of benzene rings is 1. The topological polar surface area (TPSA) is 67.9 Å². The fraction of sp³-hybridized carbons (Fsp3) is 0.636.